The third kappa shape index (κ3) is 2.69. The molecular formula is C14H11F2NO3. The monoisotopic (exact) mass is 279 g/mol. The molecule has 4 nitrogen and oxygen atoms in total. The van der Waals surface area contributed by atoms with Crippen LogP contribution in [-0.4, -0.2) is 13.1 Å². The van der Waals surface area contributed by atoms with Gasteiger partial charge in [-0.1, -0.05) is 6.07 Å². The maximum Gasteiger partial charge on any atom is 0.340 e. The molecule has 0 aliphatic carbocycles. The van der Waals surface area contributed by atoms with Crippen molar-refractivity contribution < 1.29 is 23.0 Å². The Bertz CT molecular complexity index is 659. The lowest BCUT2D eigenvalue weighted by molar-refractivity contribution is 0.0601. The van der Waals surface area contributed by atoms with Crippen LogP contribution in [0.25, 0.3) is 0 Å². The number of nitrogens with two attached hydrogens (primary N) is 1. The van der Waals surface area contributed by atoms with Gasteiger partial charge in [-0.25, -0.2) is 13.6 Å². The second kappa shape index (κ2) is 5.56. The average Bonchev–Trinajstić information content (AvgIpc) is 2.44. The zero-order chi connectivity index (χ0) is 14.7. The van der Waals surface area contributed by atoms with Gasteiger partial charge in [0.1, 0.15) is 5.82 Å². The summed E-state index contributed by atoms with van der Waals surface area (Å²) in [7, 11) is 1.21. The lowest BCUT2D eigenvalue weighted by Crippen LogP contribution is -2.06. The second-order valence-electron chi connectivity index (χ2n) is 3.89. The number of esters is 1. The van der Waals surface area contributed by atoms with Crippen molar-refractivity contribution in [1.82, 2.24) is 0 Å². The quantitative estimate of drug-likeness (QED) is 0.692. The highest BCUT2D eigenvalue weighted by atomic mass is 19.1. The summed E-state index contributed by atoms with van der Waals surface area (Å²) in [6, 6.07) is 7.16. The molecule has 0 unspecified atom stereocenters. The molecule has 0 saturated carbocycles. The second-order valence-corrected chi connectivity index (χ2v) is 3.89. The van der Waals surface area contributed by atoms with E-state index in [0.717, 1.165) is 18.2 Å². The maximum atomic E-state index is 13.5. The van der Waals surface area contributed by atoms with Crippen molar-refractivity contribution in [3.8, 4) is 11.5 Å². The molecule has 0 heterocycles. The van der Waals surface area contributed by atoms with Gasteiger partial charge in [-0.05, 0) is 24.3 Å². The summed E-state index contributed by atoms with van der Waals surface area (Å²) in [6.07, 6.45) is 0. The van der Waals surface area contributed by atoms with Crippen LogP contribution in [0, 0.1) is 11.6 Å². The highest BCUT2D eigenvalue weighted by Crippen LogP contribution is 2.32. The number of halogens is 2. The highest BCUT2D eigenvalue weighted by molar-refractivity contribution is 5.96. The van der Waals surface area contributed by atoms with E-state index in [0.29, 0.717) is 0 Å². The van der Waals surface area contributed by atoms with Gasteiger partial charge in [0.15, 0.2) is 17.3 Å². The molecule has 0 bridgehead atoms. The van der Waals surface area contributed by atoms with E-state index in [1.165, 1.54) is 25.3 Å². The minimum absolute atomic E-state index is 0.0111. The molecular weight excluding hydrogens is 268 g/mol. The molecule has 0 saturated heterocycles. The molecule has 0 aromatic heterocycles. The minimum Gasteiger partial charge on any atom is -0.465 e. The normalized spacial score (nSPS) is 10.2. The number of carbonyl (C=O) groups is 1. The van der Waals surface area contributed by atoms with Crippen LogP contribution < -0.4 is 10.5 Å². The molecule has 0 spiro atoms. The van der Waals surface area contributed by atoms with Gasteiger partial charge in [0, 0.05) is 6.07 Å². The number of para-hydroxylation sites is 1. The Labute approximate surface area is 113 Å². The molecule has 0 aliphatic heterocycles. The van der Waals surface area contributed by atoms with Crippen molar-refractivity contribution in [2.24, 2.45) is 0 Å². The number of hydrogen-bond donors (Lipinski definition) is 1. The van der Waals surface area contributed by atoms with Crippen LogP contribution in [0.3, 0.4) is 0 Å². The van der Waals surface area contributed by atoms with E-state index in [1.54, 1.807) is 0 Å². The van der Waals surface area contributed by atoms with Gasteiger partial charge >= 0.3 is 5.97 Å². The van der Waals surface area contributed by atoms with Crippen LogP contribution in [0.2, 0.25) is 0 Å². The highest BCUT2D eigenvalue weighted by Gasteiger charge is 2.15. The summed E-state index contributed by atoms with van der Waals surface area (Å²) in [4.78, 5) is 11.5. The fourth-order valence-electron chi connectivity index (χ4n) is 1.59. The van der Waals surface area contributed by atoms with Crippen LogP contribution in [0.15, 0.2) is 36.4 Å². The fourth-order valence-corrected chi connectivity index (χ4v) is 1.59. The summed E-state index contributed by atoms with van der Waals surface area (Å²) >= 11 is 0. The first-order chi connectivity index (χ1) is 9.52. The number of benzene rings is 2. The van der Waals surface area contributed by atoms with Crippen LogP contribution >= 0.6 is 0 Å². The van der Waals surface area contributed by atoms with E-state index < -0.39 is 17.6 Å². The third-order valence-electron chi connectivity index (χ3n) is 2.58. The van der Waals surface area contributed by atoms with Gasteiger partial charge in [0.2, 0.25) is 0 Å². The number of carbonyl (C=O) groups excluding carboxylic acids is 1. The number of hydrogen-bond acceptors (Lipinski definition) is 4. The lowest BCUT2D eigenvalue weighted by atomic mass is 10.1. The molecule has 2 rings (SSSR count). The SMILES string of the molecule is COC(=O)c1cccc(Oc2cc(F)ccc2F)c1N. The third-order valence-corrected chi connectivity index (χ3v) is 2.58. The van der Waals surface area contributed by atoms with Crippen molar-refractivity contribution in [2.75, 3.05) is 12.8 Å². The predicted molar refractivity (Wildman–Crippen MR) is 68.6 cm³/mol. The summed E-state index contributed by atoms with van der Waals surface area (Å²) in [6.45, 7) is 0. The van der Waals surface area contributed by atoms with Gasteiger partial charge in [-0.2, -0.15) is 0 Å². The Hall–Kier alpha value is -2.63. The van der Waals surface area contributed by atoms with Gasteiger partial charge in [0.25, 0.3) is 0 Å². The number of anilines is 1. The van der Waals surface area contributed by atoms with Crippen molar-refractivity contribution in [1.29, 1.82) is 0 Å². The fraction of sp³-hybridized carbons (Fsp3) is 0.0714. The first-order valence-electron chi connectivity index (χ1n) is 5.62. The number of rotatable bonds is 3. The van der Waals surface area contributed by atoms with Crippen molar-refractivity contribution >= 4 is 11.7 Å². The zero-order valence-corrected chi connectivity index (χ0v) is 10.5. The molecule has 20 heavy (non-hydrogen) atoms. The first kappa shape index (κ1) is 13.8. The molecule has 2 N–H and O–H groups in total. The number of nitrogen functional groups attached to an aromatic ring is 1. The van der Waals surface area contributed by atoms with Crippen LogP contribution in [0.1, 0.15) is 10.4 Å². The van der Waals surface area contributed by atoms with E-state index in [4.69, 9.17) is 10.5 Å². The molecule has 6 heteroatoms. The topological polar surface area (TPSA) is 61.5 Å². The summed E-state index contributed by atoms with van der Waals surface area (Å²) in [5.41, 5.74) is 5.83. The standard InChI is InChI=1S/C14H11F2NO3/c1-19-14(18)9-3-2-4-11(13(9)17)20-12-7-8(15)5-6-10(12)16/h2-7H,17H2,1H3. The number of methoxy groups -OCH3 is 1. The molecule has 0 amide bonds. The molecule has 0 radical (unpaired) electrons. The van der Waals surface area contributed by atoms with E-state index in [2.05, 4.69) is 4.74 Å². The van der Waals surface area contributed by atoms with Crippen molar-refractivity contribution in [3.05, 3.63) is 53.6 Å². The van der Waals surface area contributed by atoms with E-state index in [1.807, 2.05) is 0 Å². The van der Waals surface area contributed by atoms with Gasteiger partial charge in [-0.15, -0.1) is 0 Å². The largest absolute Gasteiger partial charge is 0.465 e. The lowest BCUT2D eigenvalue weighted by Gasteiger charge is -2.11. The van der Waals surface area contributed by atoms with Crippen molar-refractivity contribution in [3.63, 3.8) is 0 Å². The molecule has 0 atom stereocenters. The molecule has 2 aromatic carbocycles. The maximum absolute atomic E-state index is 13.5. The zero-order valence-electron chi connectivity index (χ0n) is 10.5. The van der Waals surface area contributed by atoms with E-state index in [9.17, 15) is 13.6 Å². The summed E-state index contributed by atoms with van der Waals surface area (Å²) in [5, 5.41) is 0. The Kier molecular flexibility index (Phi) is 3.84. The van der Waals surface area contributed by atoms with Gasteiger partial charge < -0.3 is 15.2 Å². The smallest absolute Gasteiger partial charge is 0.340 e. The summed E-state index contributed by atoms with van der Waals surface area (Å²) < 4.78 is 36.3. The minimum atomic E-state index is -0.741. The Morgan fingerprint density at radius 3 is 2.60 bits per heavy atom. The Morgan fingerprint density at radius 2 is 1.90 bits per heavy atom. The van der Waals surface area contributed by atoms with Crippen molar-refractivity contribution in [2.45, 2.75) is 0 Å². The van der Waals surface area contributed by atoms with Crippen LogP contribution in [-0.2, 0) is 4.74 Å². The average molecular weight is 279 g/mol. The summed E-state index contributed by atoms with van der Waals surface area (Å²) in [5.74, 6) is -2.32. The van der Waals surface area contributed by atoms with Crippen LogP contribution in [0.4, 0.5) is 14.5 Å². The molecule has 0 fully saturated rings. The van der Waals surface area contributed by atoms with Crippen LogP contribution in [0.5, 0.6) is 11.5 Å². The Balaban J connectivity index is 2.39. The predicted octanol–water partition coefficient (Wildman–Crippen LogP) is 3.13. The molecule has 2 aromatic rings. The van der Waals surface area contributed by atoms with E-state index in [-0.39, 0.29) is 22.7 Å². The van der Waals surface area contributed by atoms with Gasteiger partial charge in [0.05, 0.1) is 18.4 Å². The molecule has 104 valence electrons. The van der Waals surface area contributed by atoms with E-state index >= 15 is 0 Å². The Morgan fingerprint density at radius 1 is 1.15 bits per heavy atom. The first-order valence-corrected chi connectivity index (χ1v) is 5.62. The number of ether oxygens (including phenoxy) is 2. The molecule has 0 aliphatic rings. The van der Waals surface area contributed by atoms with Gasteiger partial charge in [-0.3, -0.25) is 0 Å².